The summed E-state index contributed by atoms with van der Waals surface area (Å²) in [5, 5.41) is 14.9. The van der Waals surface area contributed by atoms with E-state index in [0.29, 0.717) is 11.3 Å². The van der Waals surface area contributed by atoms with E-state index in [1.165, 1.54) is 12.1 Å². The van der Waals surface area contributed by atoms with Crippen molar-refractivity contribution in [1.82, 2.24) is 10.2 Å². The van der Waals surface area contributed by atoms with E-state index in [2.05, 4.69) is 26.1 Å². The molecule has 0 radical (unpaired) electrons. The molecular weight excluding hydrogens is 261 g/mol. The molecule has 0 amide bonds. The normalized spacial score (nSPS) is 9.93. The van der Waals surface area contributed by atoms with Crippen molar-refractivity contribution < 1.29 is 4.39 Å². The molecule has 74 valence electrons. The molecule has 0 fully saturated rings. The third-order valence-corrected chi connectivity index (χ3v) is 2.40. The van der Waals surface area contributed by atoms with Gasteiger partial charge in [-0.15, -0.1) is 0 Å². The minimum absolute atomic E-state index is 0.240. The van der Waals surface area contributed by atoms with Crippen LogP contribution in [-0.4, -0.2) is 10.2 Å². The molecule has 0 unspecified atom stereocenters. The van der Waals surface area contributed by atoms with Crippen molar-refractivity contribution in [1.29, 1.82) is 5.26 Å². The van der Waals surface area contributed by atoms with Gasteiger partial charge >= 0.3 is 0 Å². The lowest BCUT2D eigenvalue weighted by molar-refractivity contribution is 0.630. The number of aromatic amines is 1. The molecule has 1 N–H and O–H groups in total. The van der Waals surface area contributed by atoms with Gasteiger partial charge in [-0.2, -0.15) is 10.4 Å². The second-order valence-corrected chi connectivity index (χ2v) is 3.82. The monoisotopic (exact) mass is 265 g/mol. The van der Waals surface area contributed by atoms with Crippen LogP contribution < -0.4 is 0 Å². The molecule has 2 aromatic rings. The fraction of sp³-hybridized carbons (Fsp3) is 0. The zero-order valence-corrected chi connectivity index (χ0v) is 9.05. The summed E-state index contributed by atoms with van der Waals surface area (Å²) in [6.07, 6.45) is 0. The highest BCUT2D eigenvalue weighted by molar-refractivity contribution is 9.10. The summed E-state index contributed by atoms with van der Waals surface area (Å²) in [5.41, 5.74) is 1.12. The first-order chi connectivity index (χ1) is 7.20. The summed E-state index contributed by atoms with van der Waals surface area (Å²) in [4.78, 5) is 0. The fourth-order valence-corrected chi connectivity index (χ4v) is 1.58. The van der Waals surface area contributed by atoms with Crippen molar-refractivity contribution in [2.75, 3.05) is 0 Å². The van der Waals surface area contributed by atoms with Crippen LogP contribution in [0.3, 0.4) is 0 Å². The summed E-state index contributed by atoms with van der Waals surface area (Å²) in [5.74, 6) is -0.355. The number of hydrogen-bond donors (Lipinski definition) is 1. The van der Waals surface area contributed by atoms with Gasteiger partial charge in [-0.3, -0.25) is 5.10 Å². The van der Waals surface area contributed by atoms with Crippen LogP contribution in [0.15, 0.2) is 28.7 Å². The third kappa shape index (κ3) is 1.90. The van der Waals surface area contributed by atoms with Crippen molar-refractivity contribution in [3.63, 3.8) is 0 Å². The van der Waals surface area contributed by atoms with Gasteiger partial charge in [-0.05, 0) is 18.2 Å². The molecule has 0 saturated heterocycles. The summed E-state index contributed by atoms with van der Waals surface area (Å²) in [7, 11) is 0. The van der Waals surface area contributed by atoms with E-state index in [9.17, 15) is 4.39 Å². The number of hydrogen-bond acceptors (Lipinski definition) is 2. The number of benzene rings is 1. The fourth-order valence-electron chi connectivity index (χ4n) is 1.22. The second-order valence-electron chi connectivity index (χ2n) is 2.90. The van der Waals surface area contributed by atoms with Crippen LogP contribution >= 0.6 is 15.9 Å². The molecule has 5 heteroatoms. The van der Waals surface area contributed by atoms with Gasteiger partial charge in [0.05, 0.1) is 5.69 Å². The van der Waals surface area contributed by atoms with Gasteiger partial charge in [0.15, 0.2) is 5.69 Å². The van der Waals surface area contributed by atoms with Crippen molar-refractivity contribution in [3.05, 3.63) is 40.2 Å². The Labute approximate surface area is 93.7 Å². The van der Waals surface area contributed by atoms with E-state index in [1.807, 2.05) is 6.07 Å². The Morgan fingerprint density at radius 3 is 2.87 bits per heavy atom. The van der Waals surface area contributed by atoms with Gasteiger partial charge in [0, 0.05) is 16.1 Å². The van der Waals surface area contributed by atoms with Crippen LogP contribution in [0.1, 0.15) is 5.69 Å². The van der Waals surface area contributed by atoms with Crippen LogP contribution in [0.4, 0.5) is 4.39 Å². The highest BCUT2D eigenvalue weighted by Crippen LogP contribution is 2.24. The Balaban J connectivity index is 2.54. The highest BCUT2D eigenvalue weighted by atomic mass is 79.9. The molecule has 1 aromatic carbocycles. The Bertz CT molecular complexity index is 542. The largest absolute Gasteiger partial charge is 0.276 e. The number of nitriles is 1. The predicted octanol–water partition coefficient (Wildman–Crippen LogP) is 2.85. The molecule has 1 heterocycles. The van der Waals surface area contributed by atoms with Gasteiger partial charge in [-0.1, -0.05) is 15.9 Å². The minimum Gasteiger partial charge on any atom is -0.276 e. The van der Waals surface area contributed by atoms with Crippen LogP contribution in [-0.2, 0) is 0 Å². The van der Waals surface area contributed by atoms with Crippen LogP contribution in [0.25, 0.3) is 11.3 Å². The van der Waals surface area contributed by atoms with Gasteiger partial charge in [-0.25, -0.2) is 4.39 Å². The predicted molar refractivity (Wildman–Crippen MR) is 56.4 cm³/mol. The van der Waals surface area contributed by atoms with E-state index >= 15 is 0 Å². The Morgan fingerprint density at radius 2 is 2.20 bits per heavy atom. The standard InChI is InChI=1S/C10H5BrFN3/c11-6-1-2-9(12)8(3-6)10-4-7(5-13)14-15-10/h1-4H,(H,14,15). The van der Waals surface area contributed by atoms with Crippen molar-refractivity contribution in [2.24, 2.45) is 0 Å². The lowest BCUT2D eigenvalue weighted by Gasteiger charge is -1.99. The van der Waals surface area contributed by atoms with Crippen molar-refractivity contribution in [2.45, 2.75) is 0 Å². The summed E-state index contributed by atoms with van der Waals surface area (Å²) >= 11 is 3.25. The first kappa shape index (κ1) is 9.87. The highest BCUT2D eigenvalue weighted by Gasteiger charge is 2.08. The quantitative estimate of drug-likeness (QED) is 0.862. The first-order valence-corrected chi connectivity index (χ1v) is 4.91. The number of rotatable bonds is 1. The van der Waals surface area contributed by atoms with E-state index in [4.69, 9.17) is 5.26 Å². The van der Waals surface area contributed by atoms with E-state index in [0.717, 1.165) is 4.47 Å². The smallest absolute Gasteiger partial charge is 0.162 e. The van der Waals surface area contributed by atoms with Crippen LogP contribution in [0.5, 0.6) is 0 Å². The SMILES string of the molecule is N#Cc1cc(-c2cc(Br)ccc2F)[nH]n1. The minimum atomic E-state index is -0.355. The maximum atomic E-state index is 13.4. The third-order valence-electron chi connectivity index (χ3n) is 1.91. The van der Waals surface area contributed by atoms with Gasteiger partial charge in [0.1, 0.15) is 11.9 Å². The van der Waals surface area contributed by atoms with Crippen LogP contribution in [0, 0.1) is 17.1 Å². The van der Waals surface area contributed by atoms with E-state index in [1.54, 1.807) is 12.1 Å². The molecule has 2 rings (SSSR count). The Hall–Kier alpha value is -1.67. The Morgan fingerprint density at radius 1 is 1.40 bits per heavy atom. The molecular formula is C10H5BrFN3. The van der Waals surface area contributed by atoms with Gasteiger partial charge < -0.3 is 0 Å². The molecule has 0 bridgehead atoms. The van der Waals surface area contributed by atoms with Gasteiger partial charge in [0.25, 0.3) is 0 Å². The maximum Gasteiger partial charge on any atom is 0.162 e. The molecule has 3 nitrogen and oxygen atoms in total. The summed E-state index contributed by atoms with van der Waals surface area (Å²) < 4.78 is 14.2. The average Bonchev–Trinajstić information content (AvgIpc) is 2.70. The molecule has 15 heavy (non-hydrogen) atoms. The molecule has 0 spiro atoms. The number of H-pyrrole nitrogens is 1. The Kier molecular flexibility index (Phi) is 2.52. The van der Waals surface area contributed by atoms with Crippen LogP contribution in [0.2, 0.25) is 0 Å². The first-order valence-electron chi connectivity index (χ1n) is 4.11. The molecule has 0 aliphatic rings. The number of nitrogens with one attached hydrogen (secondary N) is 1. The molecule has 0 saturated carbocycles. The average molecular weight is 266 g/mol. The number of halogens is 2. The maximum absolute atomic E-state index is 13.4. The summed E-state index contributed by atoms with van der Waals surface area (Å²) in [6, 6.07) is 7.97. The lowest BCUT2D eigenvalue weighted by atomic mass is 10.1. The molecule has 0 aliphatic carbocycles. The molecule has 0 aliphatic heterocycles. The van der Waals surface area contributed by atoms with Crippen molar-refractivity contribution in [3.8, 4) is 17.3 Å². The molecule has 1 aromatic heterocycles. The zero-order chi connectivity index (χ0) is 10.8. The van der Waals surface area contributed by atoms with Crippen molar-refractivity contribution >= 4 is 15.9 Å². The second kappa shape index (κ2) is 3.83. The number of aromatic nitrogens is 2. The lowest BCUT2D eigenvalue weighted by Crippen LogP contribution is -1.84. The zero-order valence-electron chi connectivity index (χ0n) is 7.46. The van der Waals surface area contributed by atoms with E-state index < -0.39 is 0 Å². The van der Waals surface area contributed by atoms with E-state index in [-0.39, 0.29) is 11.5 Å². The summed E-state index contributed by atoms with van der Waals surface area (Å²) in [6.45, 7) is 0. The number of nitrogens with zero attached hydrogens (tertiary/aromatic N) is 2. The van der Waals surface area contributed by atoms with Gasteiger partial charge in [0.2, 0.25) is 0 Å². The topological polar surface area (TPSA) is 52.5 Å². The molecule has 0 atom stereocenters.